The highest BCUT2D eigenvalue weighted by molar-refractivity contribution is 8.00. The molecule has 0 saturated heterocycles. The van der Waals surface area contributed by atoms with Gasteiger partial charge in [0.25, 0.3) is 0 Å². The average molecular weight is 449 g/mol. The molecule has 1 aromatic heterocycles. The molecular weight excluding hydrogens is 427 g/mol. The summed E-state index contributed by atoms with van der Waals surface area (Å²) >= 11 is 7.55. The Kier molecular flexibility index (Phi) is 7.84. The standard InChI is InChI=1S/C21H22ClFN4O2S/c1-14(20(28)24-12-7-13-29-2)30-21-26-25-19(15-8-3-4-9-16(15)22)27(21)18-11-6-5-10-17(18)23/h3-6,8-11,14H,7,12-13H2,1-2H3,(H,24,28). The van der Waals surface area contributed by atoms with Gasteiger partial charge in [-0.05, 0) is 37.6 Å². The Labute approximate surface area is 183 Å². The highest BCUT2D eigenvalue weighted by atomic mass is 35.5. The molecule has 0 spiro atoms. The van der Waals surface area contributed by atoms with Crippen molar-refractivity contribution < 1.29 is 13.9 Å². The van der Waals surface area contributed by atoms with Crippen LogP contribution in [0.25, 0.3) is 17.1 Å². The molecule has 0 aliphatic carbocycles. The summed E-state index contributed by atoms with van der Waals surface area (Å²) in [6, 6.07) is 13.5. The smallest absolute Gasteiger partial charge is 0.233 e. The molecule has 0 saturated carbocycles. The molecule has 3 aromatic rings. The Morgan fingerprint density at radius 2 is 1.97 bits per heavy atom. The van der Waals surface area contributed by atoms with Crippen molar-refractivity contribution in [2.75, 3.05) is 20.3 Å². The van der Waals surface area contributed by atoms with Crippen molar-refractivity contribution in [2.45, 2.75) is 23.8 Å². The lowest BCUT2D eigenvalue weighted by molar-refractivity contribution is -0.120. The van der Waals surface area contributed by atoms with Crippen molar-refractivity contribution in [1.29, 1.82) is 0 Å². The monoisotopic (exact) mass is 448 g/mol. The summed E-state index contributed by atoms with van der Waals surface area (Å²) in [7, 11) is 1.62. The van der Waals surface area contributed by atoms with Gasteiger partial charge in [-0.25, -0.2) is 4.39 Å². The van der Waals surface area contributed by atoms with Crippen molar-refractivity contribution in [3.05, 3.63) is 59.4 Å². The third kappa shape index (κ3) is 5.19. The number of nitrogens with one attached hydrogen (secondary N) is 1. The van der Waals surface area contributed by atoms with E-state index in [1.807, 2.05) is 6.07 Å². The number of rotatable bonds is 9. The molecule has 1 heterocycles. The first-order valence-electron chi connectivity index (χ1n) is 9.41. The van der Waals surface area contributed by atoms with Gasteiger partial charge in [0, 0.05) is 25.8 Å². The van der Waals surface area contributed by atoms with Crippen molar-refractivity contribution >= 4 is 29.3 Å². The van der Waals surface area contributed by atoms with Crippen LogP contribution >= 0.6 is 23.4 Å². The molecule has 9 heteroatoms. The van der Waals surface area contributed by atoms with E-state index in [1.165, 1.54) is 17.8 Å². The Morgan fingerprint density at radius 3 is 2.70 bits per heavy atom. The number of para-hydroxylation sites is 1. The molecule has 0 aliphatic heterocycles. The predicted octanol–water partition coefficient (Wildman–Crippen LogP) is 4.36. The zero-order valence-electron chi connectivity index (χ0n) is 16.6. The van der Waals surface area contributed by atoms with E-state index in [0.29, 0.717) is 34.7 Å². The van der Waals surface area contributed by atoms with E-state index in [9.17, 15) is 9.18 Å². The number of benzene rings is 2. The number of methoxy groups -OCH3 is 1. The molecule has 1 amide bonds. The lowest BCUT2D eigenvalue weighted by atomic mass is 10.2. The SMILES string of the molecule is COCCCNC(=O)C(C)Sc1nnc(-c2ccccc2Cl)n1-c1ccccc1F. The molecule has 0 aliphatic rings. The van der Waals surface area contributed by atoms with E-state index in [1.54, 1.807) is 55.0 Å². The van der Waals surface area contributed by atoms with Crippen molar-refractivity contribution in [3.8, 4) is 17.1 Å². The van der Waals surface area contributed by atoms with Crippen LogP contribution in [0, 0.1) is 5.82 Å². The number of halogens is 2. The van der Waals surface area contributed by atoms with E-state index in [4.69, 9.17) is 16.3 Å². The fourth-order valence-corrected chi connectivity index (χ4v) is 3.90. The van der Waals surface area contributed by atoms with Gasteiger partial charge in [0.15, 0.2) is 11.0 Å². The number of ether oxygens (including phenoxy) is 1. The van der Waals surface area contributed by atoms with Crippen molar-refractivity contribution in [1.82, 2.24) is 20.1 Å². The second-order valence-electron chi connectivity index (χ2n) is 6.47. The number of carbonyl (C=O) groups excluding carboxylic acids is 1. The molecule has 6 nitrogen and oxygen atoms in total. The summed E-state index contributed by atoms with van der Waals surface area (Å²) in [6.45, 7) is 2.86. The van der Waals surface area contributed by atoms with Crippen molar-refractivity contribution in [3.63, 3.8) is 0 Å². The lowest BCUT2D eigenvalue weighted by Gasteiger charge is -2.14. The summed E-state index contributed by atoms with van der Waals surface area (Å²) in [4.78, 5) is 12.4. The predicted molar refractivity (Wildman–Crippen MR) is 117 cm³/mol. The number of hydrogen-bond donors (Lipinski definition) is 1. The first-order chi connectivity index (χ1) is 14.5. The highest BCUT2D eigenvalue weighted by Crippen LogP contribution is 2.33. The van der Waals surface area contributed by atoms with Gasteiger partial charge in [-0.15, -0.1) is 10.2 Å². The number of hydrogen-bond acceptors (Lipinski definition) is 5. The van der Waals surface area contributed by atoms with Crippen LogP contribution in [0.1, 0.15) is 13.3 Å². The van der Waals surface area contributed by atoms with Crippen molar-refractivity contribution in [2.24, 2.45) is 0 Å². The summed E-state index contributed by atoms with van der Waals surface area (Å²) in [5, 5.41) is 11.8. The Balaban J connectivity index is 1.93. The Bertz CT molecular complexity index is 1010. The van der Waals surface area contributed by atoms with E-state index in [2.05, 4.69) is 15.5 Å². The minimum absolute atomic E-state index is 0.140. The molecule has 30 heavy (non-hydrogen) atoms. The minimum atomic E-state index is -0.457. The first kappa shape index (κ1) is 22.3. The van der Waals surface area contributed by atoms with E-state index in [-0.39, 0.29) is 11.6 Å². The molecule has 3 rings (SSSR count). The van der Waals surface area contributed by atoms with Crippen LogP contribution in [0.2, 0.25) is 5.02 Å². The quantitative estimate of drug-likeness (QED) is 0.389. The summed E-state index contributed by atoms with van der Waals surface area (Å²) in [6.07, 6.45) is 0.724. The number of thioether (sulfide) groups is 1. The molecule has 1 unspecified atom stereocenters. The topological polar surface area (TPSA) is 69.0 Å². The molecule has 1 atom stereocenters. The van der Waals surface area contributed by atoms with Crippen LogP contribution in [0.15, 0.2) is 53.7 Å². The van der Waals surface area contributed by atoms with E-state index >= 15 is 0 Å². The maximum absolute atomic E-state index is 14.7. The van der Waals surface area contributed by atoms with Crippen LogP contribution in [-0.2, 0) is 9.53 Å². The molecule has 1 N–H and O–H groups in total. The van der Waals surface area contributed by atoms with Crippen LogP contribution in [0.4, 0.5) is 4.39 Å². The Hall–Kier alpha value is -2.42. The van der Waals surface area contributed by atoms with Gasteiger partial charge in [0.05, 0.1) is 16.0 Å². The van der Waals surface area contributed by atoms with Crippen LogP contribution in [-0.4, -0.2) is 46.2 Å². The lowest BCUT2D eigenvalue weighted by Crippen LogP contribution is -2.32. The fourth-order valence-electron chi connectivity index (χ4n) is 2.80. The van der Waals surface area contributed by atoms with Crippen LogP contribution in [0.3, 0.4) is 0 Å². The maximum atomic E-state index is 14.7. The van der Waals surface area contributed by atoms with Gasteiger partial charge in [0.2, 0.25) is 5.91 Å². The van der Waals surface area contributed by atoms with Gasteiger partial charge >= 0.3 is 0 Å². The Morgan fingerprint density at radius 1 is 1.23 bits per heavy atom. The first-order valence-corrected chi connectivity index (χ1v) is 10.7. The molecule has 0 bridgehead atoms. The highest BCUT2D eigenvalue weighted by Gasteiger charge is 2.23. The molecule has 158 valence electrons. The van der Waals surface area contributed by atoms with Crippen LogP contribution in [0.5, 0.6) is 0 Å². The molecular formula is C21H22ClFN4O2S. The number of aromatic nitrogens is 3. The van der Waals surface area contributed by atoms with Gasteiger partial charge < -0.3 is 10.1 Å². The van der Waals surface area contributed by atoms with E-state index in [0.717, 1.165) is 6.42 Å². The van der Waals surface area contributed by atoms with E-state index < -0.39 is 11.1 Å². The third-order valence-electron chi connectivity index (χ3n) is 4.32. The molecule has 0 radical (unpaired) electrons. The number of amides is 1. The molecule has 2 aromatic carbocycles. The number of nitrogens with zero attached hydrogens (tertiary/aromatic N) is 3. The van der Waals surface area contributed by atoms with Gasteiger partial charge in [-0.2, -0.15) is 0 Å². The largest absolute Gasteiger partial charge is 0.385 e. The number of carbonyl (C=O) groups is 1. The molecule has 0 fully saturated rings. The zero-order chi connectivity index (χ0) is 21.5. The van der Waals surface area contributed by atoms with Gasteiger partial charge in [0.1, 0.15) is 5.82 Å². The van der Waals surface area contributed by atoms with Gasteiger partial charge in [-0.1, -0.05) is 47.6 Å². The summed E-state index contributed by atoms with van der Waals surface area (Å²) < 4.78 is 21.2. The fraction of sp³-hybridized carbons (Fsp3) is 0.286. The zero-order valence-corrected chi connectivity index (χ0v) is 18.2. The second-order valence-corrected chi connectivity index (χ2v) is 8.19. The third-order valence-corrected chi connectivity index (χ3v) is 5.69. The summed E-state index contributed by atoms with van der Waals surface area (Å²) in [5.74, 6) is -0.163. The summed E-state index contributed by atoms with van der Waals surface area (Å²) in [5.41, 5.74) is 0.908. The normalized spacial score (nSPS) is 12.0. The minimum Gasteiger partial charge on any atom is -0.385 e. The maximum Gasteiger partial charge on any atom is 0.233 e. The van der Waals surface area contributed by atoms with Crippen LogP contribution < -0.4 is 5.32 Å². The average Bonchev–Trinajstić information content (AvgIpc) is 3.14. The second kappa shape index (κ2) is 10.6. The van der Waals surface area contributed by atoms with Gasteiger partial charge in [-0.3, -0.25) is 9.36 Å².